The molecule has 0 spiro atoms. The van der Waals surface area contributed by atoms with Crippen LogP contribution in [0.25, 0.3) is 11.1 Å². The van der Waals surface area contributed by atoms with Crippen molar-refractivity contribution >= 4 is 23.5 Å². The van der Waals surface area contributed by atoms with Crippen molar-refractivity contribution in [3.05, 3.63) is 58.4 Å². The van der Waals surface area contributed by atoms with Crippen molar-refractivity contribution in [2.24, 2.45) is 0 Å². The highest BCUT2D eigenvalue weighted by Gasteiger charge is 2.19. The molecule has 0 aliphatic carbocycles. The molecule has 0 fully saturated rings. The lowest BCUT2D eigenvalue weighted by Crippen LogP contribution is -2.05. The van der Waals surface area contributed by atoms with Gasteiger partial charge in [0.05, 0.1) is 12.7 Å². The Morgan fingerprint density at radius 1 is 1.19 bits per heavy atom. The van der Waals surface area contributed by atoms with Gasteiger partial charge in [0.15, 0.2) is 0 Å². The number of halogens is 2. The molecule has 0 radical (unpaired) electrons. The van der Waals surface area contributed by atoms with Crippen LogP contribution in [-0.2, 0) is 4.74 Å². The third-order valence-corrected chi connectivity index (χ3v) is 3.23. The quantitative estimate of drug-likeness (QED) is 0.879. The highest BCUT2D eigenvalue weighted by molar-refractivity contribution is 6.33. The predicted octanol–water partition coefficient (Wildman–Crippen LogP) is 3.63. The zero-order valence-electron chi connectivity index (χ0n) is 10.9. The van der Waals surface area contributed by atoms with Crippen molar-refractivity contribution in [2.75, 3.05) is 7.11 Å². The van der Waals surface area contributed by atoms with E-state index in [0.29, 0.717) is 0 Å². The van der Waals surface area contributed by atoms with Crippen LogP contribution >= 0.6 is 11.6 Å². The van der Waals surface area contributed by atoms with Crippen LogP contribution in [0, 0.1) is 5.82 Å². The topological polar surface area (TPSA) is 63.6 Å². The summed E-state index contributed by atoms with van der Waals surface area (Å²) in [5.74, 6) is -2.89. The minimum atomic E-state index is -1.41. The number of esters is 1. The number of hydrogen-bond donors (Lipinski definition) is 1. The summed E-state index contributed by atoms with van der Waals surface area (Å²) in [5.41, 5.74) is 0.0358. The summed E-state index contributed by atoms with van der Waals surface area (Å²) < 4.78 is 18.3. The summed E-state index contributed by atoms with van der Waals surface area (Å²) in [6, 6.07) is 8.09. The number of ether oxygens (including phenoxy) is 1. The molecule has 108 valence electrons. The van der Waals surface area contributed by atoms with Crippen LogP contribution in [0.15, 0.2) is 36.4 Å². The average molecular weight is 309 g/mol. The van der Waals surface area contributed by atoms with E-state index in [9.17, 15) is 14.0 Å². The Kier molecular flexibility index (Phi) is 4.23. The Morgan fingerprint density at radius 3 is 2.52 bits per heavy atom. The lowest BCUT2D eigenvalue weighted by molar-refractivity contribution is 0.0600. The first-order valence-electron chi connectivity index (χ1n) is 5.85. The summed E-state index contributed by atoms with van der Waals surface area (Å²) in [4.78, 5) is 22.8. The second kappa shape index (κ2) is 5.93. The minimum absolute atomic E-state index is 0.0956. The van der Waals surface area contributed by atoms with Gasteiger partial charge in [-0.2, -0.15) is 0 Å². The smallest absolute Gasteiger partial charge is 0.339 e. The largest absolute Gasteiger partial charge is 0.478 e. The number of carbonyl (C=O) groups is 2. The van der Waals surface area contributed by atoms with E-state index < -0.39 is 23.3 Å². The molecule has 6 heteroatoms. The number of aromatic carboxylic acids is 1. The van der Waals surface area contributed by atoms with Crippen molar-refractivity contribution in [1.29, 1.82) is 0 Å². The zero-order chi connectivity index (χ0) is 15.6. The molecule has 0 amide bonds. The van der Waals surface area contributed by atoms with Gasteiger partial charge < -0.3 is 9.84 Å². The van der Waals surface area contributed by atoms with Crippen molar-refractivity contribution in [3.63, 3.8) is 0 Å². The molecule has 0 atom stereocenters. The fourth-order valence-corrected chi connectivity index (χ4v) is 2.16. The van der Waals surface area contributed by atoms with Crippen LogP contribution < -0.4 is 0 Å². The maximum atomic E-state index is 13.7. The van der Waals surface area contributed by atoms with Crippen molar-refractivity contribution in [1.82, 2.24) is 0 Å². The monoisotopic (exact) mass is 308 g/mol. The molecule has 21 heavy (non-hydrogen) atoms. The molecule has 0 aliphatic rings. The molecule has 0 saturated heterocycles. The van der Waals surface area contributed by atoms with E-state index in [1.54, 1.807) is 0 Å². The fraction of sp³-hybridized carbons (Fsp3) is 0.0667. The van der Waals surface area contributed by atoms with Gasteiger partial charge >= 0.3 is 11.9 Å². The van der Waals surface area contributed by atoms with E-state index in [1.165, 1.54) is 37.4 Å². The lowest BCUT2D eigenvalue weighted by atomic mass is 9.97. The van der Waals surface area contributed by atoms with E-state index in [2.05, 4.69) is 4.74 Å². The highest BCUT2D eigenvalue weighted by atomic mass is 35.5. The standard InChI is InChI=1S/C15H10ClFO4/c1-21-15(20)8-5-6-11(16)10(7-8)9-3-2-4-12(17)13(9)14(18)19/h2-7H,1H3,(H,18,19). The molecule has 2 aromatic rings. The van der Waals surface area contributed by atoms with Crippen molar-refractivity contribution in [3.8, 4) is 11.1 Å². The third kappa shape index (κ3) is 2.87. The van der Waals surface area contributed by atoms with E-state index in [0.717, 1.165) is 6.07 Å². The number of carboxylic acids is 1. The van der Waals surface area contributed by atoms with Gasteiger partial charge in [-0.1, -0.05) is 23.7 Å². The SMILES string of the molecule is COC(=O)c1ccc(Cl)c(-c2cccc(F)c2C(=O)O)c1. The molecule has 2 rings (SSSR count). The summed E-state index contributed by atoms with van der Waals surface area (Å²) in [7, 11) is 1.22. The van der Waals surface area contributed by atoms with E-state index >= 15 is 0 Å². The molecular weight excluding hydrogens is 299 g/mol. The van der Waals surface area contributed by atoms with Gasteiger partial charge in [-0.15, -0.1) is 0 Å². The van der Waals surface area contributed by atoms with E-state index in [1.807, 2.05) is 0 Å². The molecule has 0 aliphatic heterocycles. The molecule has 0 aromatic heterocycles. The normalized spacial score (nSPS) is 10.2. The summed E-state index contributed by atoms with van der Waals surface area (Å²) in [6.07, 6.45) is 0. The highest BCUT2D eigenvalue weighted by Crippen LogP contribution is 2.32. The molecular formula is C15H10ClFO4. The maximum absolute atomic E-state index is 13.7. The molecule has 0 unspecified atom stereocenters. The zero-order valence-corrected chi connectivity index (χ0v) is 11.6. The first-order chi connectivity index (χ1) is 9.95. The predicted molar refractivity (Wildman–Crippen MR) is 75.1 cm³/mol. The van der Waals surface area contributed by atoms with E-state index in [4.69, 9.17) is 16.7 Å². The molecule has 0 bridgehead atoms. The Labute approximate surface area is 124 Å². The van der Waals surface area contributed by atoms with Crippen LogP contribution in [0.5, 0.6) is 0 Å². The second-order valence-electron chi connectivity index (χ2n) is 4.15. The Hall–Kier alpha value is -2.40. The van der Waals surface area contributed by atoms with Crippen molar-refractivity contribution < 1.29 is 23.8 Å². The average Bonchev–Trinajstić information content (AvgIpc) is 2.46. The van der Waals surface area contributed by atoms with Gasteiger partial charge in [-0.25, -0.2) is 14.0 Å². The van der Waals surface area contributed by atoms with Crippen LogP contribution in [0.2, 0.25) is 5.02 Å². The van der Waals surface area contributed by atoms with Crippen LogP contribution in [0.3, 0.4) is 0 Å². The molecule has 4 nitrogen and oxygen atoms in total. The van der Waals surface area contributed by atoms with Crippen LogP contribution in [0.1, 0.15) is 20.7 Å². The van der Waals surface area contributed by atoms with Crippen LogP contribution in [0.4, 0.5) is 4.39 Å². The Balaban J connectivity index is 2.70. The number of hydrogen-bond acceptors (Lipinski definition) is 3. The van der Waals surface area contributed by atoms with Gasteiger partial charge in [-0.3, -0.25) is 0 Å². The van der Waals surface area contributed by atoms with Gasteiger partial charge in [0, 0.05) is 16.1 Å². The molecule has 0 heterocycles. The minimum Gasteiger partial charge on any atom is -0.478 e. The Morgan fingerprint density at radius 2 is 1.90 bits per heavy atom. The number of methoxy groups -OCH3 is 1. The summed E-state index contributed by atoms with van der Waals surface area (Å²) in [5, 5.41) is 9.35. The number of carbonyl (C=O) groups excluding carboxylic acids is 1. The van der Waals surface area contributed by atoms with Gasteiger partial charge in [0.25, 0.3) is 0 Å². The van der Waals surface area contributed by atoms with Gasteiger partial charge in [0.2, 0.25) is 0 Å². The first kappa shape index (κ1) is 15.0. The summed E-state index contributed by atoms with van der Waals surface area (Å²) in [6.45, 7) is 0. The summed E-state index contributed by atoms with van der Waals surface area (Å²) >= 11 is 6.04. The molecule has 1 N–H and O–H groups in total. The van der Waals surface area contributed by atoms with Gasteiger partial charge in [0.1, 0.15) is 11.4 Å². The number of benzene rings is 2. The molecule has 2 aromatic carbocycles. The first-order valence-corrected chi connectivity index (χ1v) is 6.23. The van der Waals surface area contributed by atoms with Crippen LogP contribution in [-0.4, -0.2) is 24.2 Å². The van der Waals surface area contributed by atoms with Crippen molar-refractivity contribution in [2.45, 2.75) is 0 Å². The molecule has 0 saturated carbocycles. The maximum Gasteiger partial charge on any atom is 0.339 e. The van der Waals surface area contributed by atoms with E-state index in [-0.39, 0.29) is 21.7 Å². The fourth-order valence-electron chi connectivity index (χ4n) is 1.94. The number of carboxylic acid groups (broad SMARTS) is 1. The second-order valence-corrected chi connectivity index (χ2v) is 4.56. The third-order valence-electron chi connectivity index (χ3n) is 2.91. The Bertz CT molecular complexity index is 728. The lowest BCUT2D eigenvalue weighted by Gasteiger charge is -2.10. The van der Waals surface area contributed by atoms with Gasteiger partial charge in [-0.05, 0) is 24.3 Å². The number of rotatable bonds is 3.